The predicted octanol–water partition coefficient (Wildman–Crippen LogP) is 2.17. The second-order valence-corrected chi connectivity index (χ2v) is 7.09. The number of rotatable bonds is 7. The molecule has 0 unspecified atom stereocenters. The van der Waals surface area contributed by atoms with Crippen molar-refractivity contribution in [1.29, 1.82) is 5.41 Å². The standard InChI is InChI=1S/C22H25FN4O4/c1-30-18-8-3-2-6-16(18)22(29)27-11-9-26(10-12-27)17-7-4-5-15(21(17)23)14-31-20(28)13-19(24)25/h2-8H,9-14H2,1H3,(H3,24,25). The summed E-state index contributed by atoms with van der Waals surface area (Å²) in [5.74, 6) is -1.06. The summed E-state index contributed by atoms with van der Waals surface area (Å²) >= 11 is 0. The maximum absolute atomic E-state index is 15.0. The number of nitrogens with zero attached hydrogens (tertiary/aromatic N) is 2. The molecule has 31 heavy (non-hydrogen) atoms. The second kappa shape index (κ2) is 9.92. The maximum atomic E-state index is 15.0. The molecule has 1 aliphatic rings. The number of methoxy groups -OCH3 is 1. The third-order valence-electron chi connectivity index (χ3n) is 5.03. The van der Waals surface area contributed by atoms with Gasteiger partial charge in [-0.2, -0.15) is 0 Å². The normalized spacial score (nSPS) is 13.6. The molecule has 1 saturated heterocycles. The predicted molar refractivity (Wildman–Crippen MR) is 114 cm³/mol. The number of hydrogen-bond acceptors (Lipinski definition) is 6. The summed E-state index contributed by atoms with van der Waals surface area (Å²) in [7, 11) is 1.53. The minimum atomic E-state index is -0.680. The molecular weight excluding hydrogens is 403 g/mol. The molecule has 3 N–H and O–H groups in total. The third kappa shape index (κ3) is 5.30. The molecule has 0 spiro atoms. The van der Waals surface area contributed by atoms with E-state index in [9.17, 15) is 14.0 Å². The van der Waals surface area contributed by atoms with Crippen LogP contribution in [0.2, 0.25) is 0 Å². The molecule has 1 heterocycles. The topological polar surface area (TPSA) is 109 Å². The lowest BCUT2D eigenvalue weighted by molar-refractivity contribution is -0.143. The quantitative estimate of drug-likeness (QED) is 0.397. The van der Waals surface area contributed by atoms with E-state index in [-0.39, 0.29) is 30.3 Å². The van der Waals surface area contributed by atoms with Crippen LogP contribution in [0.1, 0.15) is 22.3 Å². The van der Waals surface area contributed by atoms with Crippen LogP contribution in [-0.4, -0.2) is 55.9 Å². The Balaban J connectivity index is 1.63. The minimum Gasteiger partial charge on any atom is -0.496 e. The van der Waals surface area contributed by atoms with Gasteiger partial charge in [-0.3, -0.25) is 15.0 Å². The van der Waals surface area contributed by atoms with Crippen molar-refractivity contribution in [3.8, 4) is 5.75 Å². The minimum absolute atomic E-state index is 0.122. The largest absolute Gasteiger partial charge is 0.496 e. The number of nitrogens with two attached hydrogens (primary N) is 1. The zero-order valence-electron chi connectivity index (χ0n) is 17.3. The monoisotopic (exact) mass is 428 g/mol. The summed E-state index contributed by atoms with van der Waals surface area (Å²) in [5, 5.41) is 7.10. The third-order valence-corrected chi connectivity index (χ3v) is 5.03. The van der Waals surface area contributed by atoms with Crippen molar-refractivity contribution in [2.45, 2.75) is 13.0 Å². The van der Waals surface area contributed by atoms with E-state index >= 15 is 0 Å². The Kier molecular flexibility index (Phi) is 7.07. The van der Waals surface area contributed by atoms with E-state index in [4.69, 9.17) is 20.6 Å². The molecule has 2 aromatic carbocycles. The fraction of sp³-hybridized carbons (Fsp3) is 0.318. The van der Waals surface area contributed by atoms with Crippen LogP contribution in [0.4, 0.5) is 10.1 Å². The van der Waals surface area contributed by atoms with Crippen molar-refractivity contribution in [2.75, 3.05) is 38.2 Å². The Hall–Kier alpha value is -3.62. The number of ether oxygens (including phenoxy) is 2. The Labute approximate surface area is 179 Å². The van der Waals surface area contributed by atoms with E-state index < -0.39 is 11.8 Å². The first kappa shape index (κ1) is 22.1. The van der Waals surface area contributed by atoms with Crippen LogP contribution in [-0.2, 0) is 16.1 Å². The number of nitrogens with one attached hydrogen (secondary N) is 1. The smallest absolute Gasteiger partial charge is 0.313 e. The Bertz CT molecular complexity index is 974. The molecule has 0 saturated carbocycles. The fourth-order valence-electron chi connectivity index (χ4n) is 3.43. The summed E-state index contributed by atoms with van der Waals surface area (Å²) in [6, 6.07) is 12.0. The van der Waals surface area contributed by atoms with Gasteiger partial charge in [-0.05, 0) is 18.2 Å². The first-order chi connectivity index (χ1) is 14.9. The highest BCUT2D eigenvalue weighted by atomic mass is 19.1. The van der Waals surface area contributed by atoms with Gasteiger partial charge < -0.3 is 25.0 Å². The van der Waals surface area contributed by atoms with Gasteiger partial charge in [-0.1, -0.05) is 24.3 Å². The van der Waals surface area contributed by atoms with E-state index in [2.05, 4.69) is 0 Å². The number of amidine groups is 1. The molecule has 0 radical (unpaired) electrons. The lowest BCUT2D eigenvalue weighted by Crippen LogP contribution is -2.49. The van der Waals surface area contributed by atoms with Gasteiger partial charge in [0.2, 0.25) is 0 Å². The summed E-state index contributed by atoms with van der Waals surface area (Å²) in [5.41, 5.74) is 6.30. The highest BCUT2D eigenvalue weighted by Gasteiger charge is 2.26. The molecule has 1 aliphatic heterocycles. The molecule has 1 amide bonds. The molecule has 3 rings (SSSR count). The van der Waals surface area contributed by atoms with Gasteiger partial charge in [0.05, 0.1) is 18.4 Å². The van der Waals surface area contributed by atoms with Crippen LogP contribution in [0.15, 0.2) is 42.5 Å². The number of para-hydroxylation sites is 1. The summed E-state index contributed by atoms with van der Waals surface area (Å²) < 4.78 is 25.3. The molecule has 8 nitrogen and oxygen atoms in total. The van der Waals surface area contributed by atoms with Crippen molar-refractivity contribution < 1.29 is 23.5 Å². The fourth-order valence-corrected chi connectivity index (χ4v) is 3.43. The summed E-state index contributed by atoms with van der Waals surface area (Å²) in [4.78, 5) is 28.0. The molecule has 0 aromatic heterocycles. The zero-order chi connectivity index (χ0) is 22.4. The number of benzene rings is 2. The number of hydrogen-bond donors (Lipinski definition) is 2. The van der Waals surface area contributed by atoms with Crippen LogP contribution in [0.3, 0.4) is 0 Å². The first-order valence-electron chi connectivity index (χ1n) is 9.84. The number of carbonyl (C=O) groups is 2. The van der Waals surface area contributed by atoms with E-state index in [0.29, 0.717) is 43.2 Å². The van der Waals surface area contributed by atoms with Gasteiger partial charge in [0, 0.05) is 31.7 Å². The molecule has 0 atom stereocenters. The van der Waals surface area contributed by atoms with Crippen LogP contribution >= 0.6 is 0 Å². The highest BCUT2D eigenvalue weighted by Crippen LogP contribution is 2.25. The number of anilines is 1. The van der Waals surface area contributed by atoms with Crippen molar-refractivity contribution in [2.24, 2.45) is 5.73 Å². The van der Waals surface area contributed by atoms with E-state index in [1.165, 1.54) is 7.11 Å². The van der Waals surface area contributed by atoms with Gasteiger partial charge in [0.1, 0.15) is 24.6 Å². The van der Waals surface area contributed by atoms with Gasteiger partial charge in [0.15, 0.2) is 5.82 Å². The Morgan fingerprint density at radius 1 is 1.10 bits per heavy atom. The average Bonchev–Trinajstić information content (AvgIpc) is 2.77. The van der Waals surface area contributed by atoms with Crippen molar-refractivity contribution in [3.63, 3.8) is 0 Å². The van der Waals surface area contributed by atoms with Gasteiger partial charge in [-0.25, -0.2) is 4.39 Å². The number of amides is 1. The number of carbonyl (C=O) groups excluding carboxylic acids is 2. The average molecular weight is 428 g/mol. The van der Waals surface area contributed by atoms with Crippen molar-refractivity contribution >= 4 is 23.4 Å². The first-order valence-corrected chi connectivity index (χ1v) is 9.84. The summed E-state index contributed by atoms with van der Waals surface area (Å²) in [6.45, 7) is 1.57. The van der Waals surface area contributed by atoms with Crippen LogP contribution in [0.5, 0.6) is 5.75 Å². The number of halogens is 1. The highest BCUT2D eigenvalue weighted by molar-refractivity contribution is 5.97. The van der Waals surface area contributed by atoms with Gasteiger partial charge >= 0.3 is 5.97 Å². The van der Waals surface area contributed by atoms with E-state index in [1.54, 1.807) is 47.4 Å². The molecule has 1 fully saturated rings. The van der Waals surface area contributed by atoms with Gasteiger partial charge in [0.25, 0.3) is 5.91 Å². The lowest BCUT2D eigenvalue weighted by atomic mass is 10.1. The summed E-state index contributed by atoms with van der Waals surface area (Å²) in [6.07, 6.45) is -0.330. The molecular formula is C22H25FN4O4. The van der Waals surface area contributed by atoms with Gasteiger partial charge in [-0.15, -0.1) is 0 Å². The Morgan fingerprint density at radius 3 is 2.48 bits per heavy atom. The molecule has 0 bridgehead atoms. The van der Waals surface area contributed by atoms with Crippen LogP contribution in [0.25, 0.3) is 0 Å². The van der Waals surface area contributed by atoms with Crippen LogP contribution in [0, 0.1) is 11.2 Å². The molecule has 164 valence electrons. The number of piperazine rings is 1. The van der Waals surface area contributed by atoms with Crippen molar-refractivity contribution in [1.82, 2.24) is 4.90 Å². The molecule has 2 aromatic rings. The molecule has 0 aliphatic carbocycles. The lowest BCUT2D eigenvalue weighted by Gasteiger charge is -2.36. The maximum Gasteiger partial charge on any atom is 0.313 e. The van der Waals surface area contributed by atoms with Crippen molar-refractivity contribution in [3.05, 3.63) is 59.4 Å². The van der Waals surface area contributed by atoms with E-state index in [0.717, 1.165) is 0 Å². The SMILES string of the molecule is COc1ccccc1C(=O)N1CCN(c2cccc(COC(=O)CC(=N)N)c2F)CC1. The zero-order valence-corrected chi connectivity index (χ0v) is 17.3. The van der Waals surface area contributed by atoms with E-state index in [1.807, 2.05) is 4.90 Å². The number of esters is 1. The Morgan fingerprint density at radius 2 is 1.81 bits per heavy atom. The molecule has 9 heteroatoms. The van der Waals surface area contributed by atoms with Crippen LogP contribution < -0.4 is 15.4 Å². The second-order valence-electron chi connectivity index (χ2n) is 7.09.